The summed E-state index contributed by atoms with van der Waals surface area (Å²) in [6, 6.07) is 16.9. The Labute approximate surface area is 211 Å². The molecule has 4 nitrogen and oxygen atoms in total. The molecule has 1 spiro atoms. The molecule has 0 radical (unpaired) electrons. The van der Waals surface area contributed by atoms with Crippen molar-refractivity contribution < 1.29 is 9.59 Å². The molecule has 0 unspecified atom stereocenters. The first-order valence-corrected chi connectivity index (χ1v) is 13.6. The van der Waals surface area contributed by atoms with Crippen LogP contribution in [0.15, 0.2) is 48.5 Å². The average Bonchev–Trinajstić information content (AvgIpc) is 3.10. The molecule has 1 aliphatic carbocycles. The van der Waals surface area contributed by atoms with Gasteiger partial charge in [-0.15, -0.1) is 0 Å². The first kappa shape index (κ1) is 25.5. The molecule has 1 amide bonds. The number of amides is 1. The highest BCUT2D eigenvalue weighted by Crippen LogP contribution is 2.42. The van der Waals surface area contributed by atoms with Crippen LogP contribution < -0.4 is 4.90 Å². The molecule has 2 aromatic carbocycles. The Morgan fingerprint density at radius 2 is 1.51 bits per heavy atom. The fourth-order valence-electron chi connectivity index (χ4n) is 6.21. The summed E-state index contributed by atoms with van der Waals surface area (Å²) >= 11 is 0. The Balaban J connectivity index is 1.42. The van der Waals surface area contributed by atoms with E-state index < -0.39 is 5.54 Å². The SMILES string of the molecule is CC(C)c1cccc(C(C)C)c1CCCC(=O)CN1CN(c2ccccc2)C2(CCCCC2)C1=O. The molecule has 0 atom stereocenters. The van der Waals surface area contributed by atoms with Gasteiger partial charge in [0.1, 0.15) is 5.54 Å². The molecule has 0 aromatic heterocycles. The molecule has 2 aliphatic rings. The normalized spacial score (nSPS) is 17.7. The van der Waals surface area contributed by atoms with E-state index in [4.69, 9.17) is 0 Å². The summed E-state index contributed by atoms with van der Waals surface area (Å²) in [5.74, 6) is 1.27. The van der Waals surface area contributed by atoms with Crippen LogP contribution >= 0.6 is 0 Å². The maximum atomic E-state index is 13.7. The molecule has 1 aliphatic heterocycles. The Bertz CT molecular complexity index is 995. The van der Waals surface area contributed by atoms with Crippen molar-refractivity contribution in [2.45, 2.75) is 96.4 Å². The molecule has 2 fully saturated rings. The van der Waals surface area contributed by atoms with Crippen molar-refractivity contribution >= 4 is 17.4 Å². The molecule has 1 saturated carbocycles. The summed E-state index contributed by atoms with van der Waals surface area (Å²) < 4.78 is 0. The second kappa shape index (κ2) is 11.0. The molecule has 2 aromatic rings. The third-order valence-corrected chi connectivity index (χ3v) is 8.00. The highest BCUT2D eigenvalue weighted by atomic mass is 16.2. The predicted molar refractivity (Wildman–Crippen MR) is 144 cm³/mol. The van der Waals surface area contributed by atoms with E-state index in [1.54, 1.807) is 0 Å². The van der Waals surface area contributed by atoms with E-state index in [2.05, 4.69) is 62.9 Å². The van der Waals surface area contributed by atoms with Crippen LogP contribution in [0.5, 0.6) is 0 Å². The first-order valence-electron chi connectivity index (χ1n) is 13.6. The first-order chi connectivity index (χ1) is 16.8. The monoisotopic (exact) mass is 474 g/mol. The largest absolute Gasteiger partial charge is 0.339 e. The Kier molecular flexibility index (Phi) is 7.98. The van der Waals surface area contributed by atoms with E-state index in [-0.39, 0.29) is 18.2 Å². The van der Waals surface area contributed by atoms with Crippen LogP contribution in [0.2, 0.25) is 0 Å². The van der Waals surface area contributed by atoms with Crippen LogP contribution in [0.1, 0.15) is 101 Å². The average molecular weight is 475 g/mol. The van der Waals surface area contributed by atoms with Crippen molar-refractivity contribution in [3.63, 3.8) is 0 Å². The second-order valence-electron chi connectivity index (χ2n) is 11.1. The number of anilines is 1. The number of Topliss-reactive ketones (excluding diaryl/α,β-unsaturated/α-hetero) is 1. The number of carbonyl (C=O) groups excluding carboxylic acids is 2. The minimum atomic E-state index is -0.470. The van der Waals surface area contributed by atoms with Gasteiger partial charge in [-0.25, -0.2) is 0 Å². The van der Waals surface area contributed by atoms with Crippen LogP contribution in [-0.2, 0) is 16.0 Å². The van der Waals surface area contributed by atoms with Gasteiger partial charge in [-0.05, 0) is 66.3 Å². The lowest BCUT2D eigenvalue weighted by atomic mass is 9.80. The fraction of sp³-hybridized carbons (Fsp3) is 0.548. The number of carbonyl (C=O) groups is 2. The van der Waals surface area contributed by atoms with Crippen LogP contribution in [-0.4, -0.2) is 35.3 Å². The summed E-state index contributed by atoms with van der Waals surface area (Å²) in [5.41, 5.74) is 4.83. The third kappa shape index (κ3) is 5.32. The highest BCUT2D eigenvalue weighted by Gasteiger charge is 2.52. The van der Waals surface area contributed by atoms with Gasteiger partial charge in [0, 0.05) is 12.1 Å². The summed E-state index contributed by atoms with van der Waals surface area (Å²) in [7, 11) is 0. The maximum absolute atomic E-state index is 13.7. The van der Waals surface area contributed by atoms with Gasteiger partial charge < -0.3 is 9.80 Å². The molecule has 188 valence electrons. The number of benzene rings is 2. The lowest BCUT2D eigenvalue weighted by molar-refractivity contribution is -0.136. The van der Waals surface area contributed by atoms with Crippen molar-refractivity contribution in [2.24, 2.45) is 0 Å². The van der Waals surface area contributed by atoms with Crippen LogP contribution in [0.25, 0.3) is 0 Å². The zero-order valence-corrected chi connectivity index (χ0v) is 22.1. The van der Waals surface area contributed by atoms with Crippen LogP contribution in [0.4, 0.5) is 5.69 Å². The summed E-state index contributed by atoms with van der Waals surface area (Å²) in [5, 5.41) is 0. The van der Waals surface area contributed by atoms with Crippen molar-refractivity contribution in [2.75, 3.05) is 18.1 Å². The van der Waals surface area contributed by atoms with E-state index in [1.165, 1.54) is 23.1 Å². The van der Waals surface area contributed by atoms with Gasteiger partial charge in [-0.1, -0.05) is 83.4 Å². The van der Waals surface area contributed by atoms with E-state index >= 15 is 0 Å². The van der Waals surface area contributed by atoms with Gasteiger partial charge in [0.25, 0.3) is 0 Å². The van der Waals surface area contributed by atoms with Gasteiger partial charge >= 0.3 is 0 Å². The highest BCUT2D eigenvalue weighted by molar-refractivity contribution is 5.96. The van der Waals surface area contributed by atoms with Crippen molar-refractivity contribution in [1.82, 2.24) is 4.90 Å². The van der Waals surface area contributed by atoms with Gasteiger partial charge in [-0.3, -0.25) is 9.59 Å². The fourth-order valence-corrected chi connectivity index (χ4v) is 6.21. The van der Waals surface area contributed by atoms with E-state index in [9.17, 15) is 9.59 Å². The number of rotatable bonds is 9. The molecule has 0 N–H and O–H groups in total. The smallest absolute Gasteiger partial charge is 0.250 e. The summed E-state index contributed by atoms with van der Waals surface area (Å²) in [6.07, 6.45) is 7.37. The van der Waals surface area contributed by atoms with Crippen molar-refractivity contribution in [1.29, 1.82) is 0 Å². The van der Waals surface area contributed by atoms with Gasteiger partial charge in [0.2, 0.25) is 5.91 Å². The molecule has 4 heteroatoms. The predicted octanol–water partition coefficient (Wildman–Crippen LogP) is 6.83. The van der Waals surface area contributed by atoms with Crippen LogP contribution in [0.3, 0.4) is 0 Å². The van der Waals surface area contributed by atoms with Crippen LogP contribution in [0, 0.1) is 0 Å². The van der Waals surface area contributed by atoms with E-state index in [0.29, 0.717) is 24.9 Å². The van der Waals surface area contributed by atoms with E-state index in [0.717, 1.165) is 44.2 Å². The van der Waals surface area contributed by atoms with Crippen molar-refractivity contribution in [3.05, 3.63) is 65.2 Å². The lowest BCUT2D eigenvalue weighted by Gasteiger charge is -2.39. The minimum Gasteiger partial charge on any atom is -0.339 e. The third-order valence-electron chi connectivity index (χ3n) is 8.00. The number of ketones is 1. The molecule has 4 rings (SSSR count). The number of hydrogen-bond donors (Lipinski definition) is 0. The lowest BCUT2D eigenvalue weighted by Crippen LogP contribution is -2.51. The molecule has 1 heterocycles. The Morgan fingerprint density at radius 1 is 0.886 bits per heavy atom. The standard InChI is InChI=1S/C31H42N2O2/c1-23(2)27-16-12-17-28(24(3)4)29(27)18-11-15-26(34)21-32-22-33(25-13-7-5-8-14-25)31(30(32)35)19-9-6-10-20-31/h5,7-8,12-14,16-17,23-24H,6,9-11,15,18-22H2,1-4H3. The van der Waals surface area contributed by atoms with Crippen molar-refractivity contribution in [3.8, 4) is 0 Å². The quantitative estimate of drug-likeness (QED) is 0.400. The maximum Gasteiger partial charge on any atom is 0.250 e. The number of para-hydroxylation sites is 1. The van der Waals surface area contributed by atoms with Gasteiger partial charge in [-0.2, -0.15) is 0 Å². The van der Waals surface area contributed by atoms with Gasteiger partial charge in [0.15, 0.2) is 5.78 Å². The molecule has 0 bridgehead atoms. The Hall–Kier alpha value is -2.62. The van der Waals surface area contributed by atoms with E-state index in [1.807, 2.05) is 23.1 Å². The molecular formula is C31H42N2O2. The zero-order chi connectivity index (χ0) is 25.0. The number of hydrogen-bond acceptors (Lipinski definition) is 3. The molecule has 1 saturated heterocycles. The second-order valence-corrected chi connectivity index (χ2v) is 11.1. The Morgan fingerprint density at radius 3 is 2.11 bits per heavy atom. The number of nitrogens with zero attached hydrogens (tertiary/aromatic N) is 2. The molecular weight excluding hydrogens is 432 g/mol. The topological polar surface area (TPSA) is 40.6 Å². The molecule has 35 heavy (non-hydrogen) atoms. The summed E-state index contributed by atoms with van der Waals surface area (Å²) in [6.45, 7) is 9.72. The van der Waals surface area contributed by atoms with Gasteiger partial charge in [0.05, 0.1) is 13.2 Å². The summed E-state index contributed by atoms with van der Waals surface area (Å²) in [4.78, 5) is 30.8. The zero-order valence-electron chi connectivity index (χ0n) is 22.1. The minimum absolute atomic E-state index is 0.154.